The highest BCUT2D eigenvalue weighted by Crippen LogP contribution is 2.16. The molecular formula is C20H29N3O3. The van der Waals surface area contributed by atoms with Crippen molar-refractivity contribution in [2.45, 2.75) is 19.8 Å². The number of hydrogen-bond donors (Lipinski definition) is 0. The topological polar surface area (TPSA) is 53.1 Å². The highest BCUT2D eigenvalue weighted by atomic mass is 16.5. The molecule has 1 aromatic carbocycles. The van der Waals surface area contributed by atoms with E-state index in [4.69, 9.17) is 4.74 Å². The number of ether oxygens (including phenoxy) is 1. The van der Waals surface area contributed by atoms with E-state index in [0.29, 0.717) is 31.7 Å². The molecule has 6 heteroatoms. The normalized spacial score (nSPS) is 19.5. The van der Waals surface area contributed by atoms with Gasteiger partial charge in [0.15, 0.2) is 0 Å². The molecule has 2 heterocycles. The van der Waals surface area contributed by atoms with Gasteiger partial charge in [0.05, 0.1) is 7.11 Å². The smallest absolute Gasteiger partial charge is 0.253 e. The lowest BCUT2D eigenvalue weighted by Crippen LogP contribution is -2.52. The van der Waals surface area contributed by atoms with Crippen LogP contribution < -0.4 is 4.74 Å². The van der Waals surface area contributed by atoms with E-state index in [1.165, 1.54) is 12.8 Å². The van der Waals surface area contributed by atoms with Crippen LogP contribution in [0.1, 0.15) is 30.1 Å². The zero-order chi connectivity index (χ0) is 18.5. The minimum absolute atomic E-state index is 0.0184. The largest absolute Gasteiger partial charge is 0.497 e. The molecule has 0 aromatic heterocycles. The molecule has 26 heavy (non-hydrogen) atoms. The van der Waals surface area contributed by atoms with Crippen LogP contribution in [-0.4, -0.2) is 79.4 Å². The van der Waals surface area contributed by atoms with Gasteiger partial charge in [0.1, 0.15) is 5.75 Å². The maximum atomic E-state index is 12.7. The summed E-state index contributed by atoms with van der Waals surface area (Å²) in [5.74, 6) is 0.999. The average molecular weight is 359 g/mol. The van der Waals surface area contributed by atoms with Gasteiger partial charge in [0, 0.05) is 44.2 Å². The molecule has 2 saturated heterocycles. The van der Waals surface area contributed by atoms with Gasteiger partial charge in [-0.1, -0.05) is 6.92 Å². The third-order valence-electron chi connectivity index (χ3n) is 5.37. The fourth-order valence-electron chi connectivity index (χ4n) is 3.79. The van der Waals surface area contributed by atoms with Crippen molar-refractivity contribution < 1.29 is 14.3 Å². The lowest BCUT2D eigenvalue weighted by Gasteiger charge is -2.36. The molecule has 0 bridgehead atoms. The molecule has 1 atom stereocenters. The maximum absolute atomic E-state index is 12.7. The average Bonchev–Trinajstić information content (AvgIpc) is 3.20. The first-order valence-electron chi connectivity index (χ1n) is 9.53. The van der Waals surface area contributed by atoms with Gasteiger partial charge in [0.25, 0.3) is 5.91 Å². The van der Waals surface area contributed by atoms with Crippen LogP contribution >= 0.6 is 0 Å². The summed E-state index contributed by atoms with van der Waals surface area (Å²) in [5.41, 5.74) is 0.660. The summed E-state index contributed by atoms with van der Waals surface area (Å²) in [6.45, 7) is 7.51. The van der Waals surface area contributed by atoms with Gasteiger partial charge < -0.3 is 19.4 Å². The Balaban J connectivity index is 1.49. The van der Waals surface area contributed by atoms with Gasteiger partial charge in [-0.25, -0.2) is 0 Å². The Morgan fingerprint density at radius 1 is 0.962 bits per heavy atom. The number of hydrogen-bond acceptors (Lipinski definition) is 4. The third kappa shape index (κ3) is 4.36. The van der Waals surface area contributed by atoms with Gasteiger partial charge in [-0.05, 0) is 50.2 Å². The number of nitrogens with zero attached hydrogens (tertiary/aromatic N) is 3. The SMILES string of the molecule is COc1ccc(C(=O)N2CCN(C(=O)C(C)CN3CCCC3)CC2)cc1. The van der Waals surface area contributed by atoms with E-state index in [0.717, 1.165) is 25.4 Å². The summed E-state index contributed by atoms with van der Waals surface area (Å²) in [4.78, 5) is 31.4. The Kier molecular flexibility index (Phi) is 6.14. The van der Waals surface area contributed by atoms with E-state index < -0.39 is 0 Å². The lowest BCUT2D eigenvalue weighted by molar-refractivity contribution is -0.137. The predicted molar refractivity (Wildman–Crippen MR) is 100 cm³/mol. The number of rotatable bonds is 5. The van der Waals surface area contributed by atoms with Crippen molar-refractivity contribution in [1.29, 1.82) is 0 Å². The highest BCUT2D eigenvalue weighted by molar-refractivity contribution is 5.94. The van der Waals surface area contributed by atoms with Crippen LogP contribution in [0.2, 0.25) is 0 Å². The first-order chi connectivity index (χ1) is 12.6. The number of amides is 2. The second-order valence-corrected chi connectivity index (χ2v) is 7.25. The van der Waals surface area contributed by atoms with Crippen molar-refractivity contribution in [3.05, 3.63) is 29.8 Å². The van der Waals surface area contributed by atoms with Crippen molar-refractivity contribution in [3.63, 3.8) is 0 Å². The number of likely N-dealkylation sites (tertiary alicyclic amines) is 1. The summed E-state index contributed by atoms with van der Waals surface area (Å²) < 4.78 is 5.13. The molecule has 0 aliphatic carbocycles. The van der Waals surface area contributed by atoms with E-state index in [-0.39, 0.29) is 17.7 Å². The molecule has 3 rings (SSSR count). The van der Waals surface area contributed by atoms with Gasteiger partial charge in [-0.2, -0.15) is 0 Å². The molecule has 0 N–H and O–H groups in total. The molecule has 2 fully saturated rings. The highest BCUT2D eigenvalue weighted by Gasteiger charge is 2.28. The van der Waals surface area contributed by atoms with Crippen LogP contribution in [0.15, 0.2) is 24.3 Å². The Labute approximate surface area is 155 Å². The van der Waals surface area contributed by atoms with Crippen LogP contribution in [0, 0.1) is 5.92 Å². The molecule has 2 aliphatic rings. The van der Waals surface area contributed by atoms with Crippen LogP contribution in [0.3, 0.4) is 0 Å². The van der Waals surface area contributed by atoms with E-state index >= 15 is 0 Å². The zero-order valence-corrected chi connectivity index (χ0v) is 15.8. The van der Waals surface area contributed by atoms with E-state index in [2.05, 4.69) is 4.90 Å². The minimum atomic E-state index is 0.0184. The zero-order valence-electron chi connectivity index (χ0n) is 15.8. The molecule has 0 radical (unpaired) electrons. The Morgan fingerprint density at radius 2 is 1.54 bits per heavy atom. The van der Waals surface area contributed by atoms with E-state index in [9.17, 15) is 9.59 Å². The van der Waals surface area contributed by atoms with E-state index in [1.807, 2.05) is 16.7 Å². The molecule has 142 valence electrons. The number of methoxy groups -OCH3 is 1. The predicted octanol–water partition coefficient (Wildman–Crippen LogP) is 1.71. The van der Waals surface area contributed by atoms with Crippen LogP contribution in [-0.2, 0) is 4.79 Å². The number of carbonyl (C=O) groups is 2. The minimum Gasteiger partial charge on any atom is -0.497 e. The molecule has 1 unspecified atom stereocenters. The number of benzene rings is 1. The first kappa shape index (κ1) is 18.7. The maximum Gasteiger partial charge on any atom is 0.253 e. The molecule has 2 amide bonds. The van der Waals surface area contributed by atoms with Crippen molar-refractivity contribution in [3.8, 4) is 5.75 Å². The van der Waals surface area contributed by atoms with Crippen LogP contribution in [0.5, 0.6) is 5.75 Å². The molecular weight excluding hydrogens is 330 g/mol. The van der Waals surface area contributed by atoms with E-state index in [1.54, 1.807) is 31.4 Å². The van der Waals surface area contributed by atoms with Gasteiger partial charge in [-0.3, -0.25) is 9.59 Å². The summed E-state index contributed by atoms with van der Waals surface area (Å²) in [6.07, 6.45) is 2.49. The number of carbonyl (C=O) groups excluding carboxylic acids is 2. The fraction of sp³-hybridized carbons (Fsp3) is 0.600. The molecule has 1 aromatic rings. The molecule has 0 saturated carbocycles. The summed E-state index contributed by atoms with van der Waals surface area (Å²) in [6, 6.07) is 7.17. The van der Waals surface area contributed by atoms with Gasteiger partial charge >= 0.3 is 0 Å². The third-order valence-corrected chi connectivity index (χ3v) is 5.37. The second-order valence-electron chi connectivity index (χ2n) is 7.25. The number of piperazine rings is 1. The first-order valence-corrected chi connectivity index (χ1v) is 9.53. The van der Waals surface area contributed by atoms with Crippen molar-refractivity contribution >= 4 is 11.8 Å². The summed E-state index contributed by atoms with van der Waals surface area (Å²) >= 11 is 0. The molecule has 2 aliphatic heterocycles. The fourth-order valence-corrected chi connectivity index (χ4v) is 3.79. The Hall–Kier alpha value is -2.08. The standard InChI is InChI=1S/C20H29N3O3/c1-16(15-21-9-3-4-10-21)19(24)22-11-13-23(14-12-22)20(25)17-5-7-18(26-2)8-6-17/h5-8,16H,3-4,9-15H2,1-2H3. The molecule has 6 nitrogen and oxygen atoms in total. The lowest BCUT2D eigenvalue weighted by atomic mass is 10.1. The van der Waals surface area contributed by atoms with Crippen LogP contribution in [0.25, 0.3) is 0 Å². The Morgan fingerprint density at radius 3 is 2.12 bits per heavy atom. The second kappa shape index (κ2) is 8.54. The summed E-state index contributed by atoms with van der Waals surface area (Å²) in [7, 11) is 1.61. The quantitative estimate of drug-likeness (QED) is 0.803. The summed E-state index contributed by atoms with van der Waals surface area (Å²) in [5, 5.41) is 0. The van der Waals surface area contributed by atoms with Crippen molar-refractivity contribution in [1.82, 2.24) is 14.7 Å². The molecule has 0 spiro atoms. The van der Waals surface area contributed by atoms with Crippen molar-refractivity contribution in [2.24, 2.45) is 5.92 Å². The Bertz CT molecular complexity index is 618. The van der Waals surface area contributed by atoms with Crippen LogP contribution in [0.4, 0.5) is 0 Å². The van der Waals surface area contributed by atoms with Gasteiger partial charge in [0.2, 0.25) is 5.91 Å². The van der Waals surface area contributed by atoms with Gasteiger partial charge in [-0.15, -0.1) is 0 Å². The van der Waals surface area contributed by atoms with Crippen molar-refractivity contribution in [2.75, 3.05) is 52.9 Å². The monoisotopic (exact) mass is 359 g/mol.